The van der Waals surface area contributed by atoms with Crippen LogP contribution in [0.2, 0.25) is 0 Å². The first-order chi connectivity index (χ1) is 12.4. The van der Waals surface area contributed by atoms with Gasteiger partial charge in [-0.25, -0.2) is 27.0 Å². The summed E-state index contributed by atoms with van der Waals surface area (Å²) in [4.78, 5) is 11.8. The van der Waals surface area contributed by atoms with Crippen LogP contribution in [0.3, 0.4) is 0 Å². The number of anilines is 1. The lowest BCUT2D eigenvalue weighted by Gasteiger charge is -2.07. The number of sulfonamides is 1. The van der Waals surface area contributed by atoms with Crippen LogP contribution in [-0.4, -0.2) is 43.1 Å². The van der Waals surface area contributed by atoms with Gasteiger partial charge in [0.2, 0.25) is 10.0 Å². The monoisotopic (exact) mass is 380 g/mol. The number of halogens is 1. The SMILES string of the molecule is CCNS(=O)(=O)CCNC(=O)Nc1ccn(-c2cccc(F)c2C#N)n1. The number of urea groups is 1. The van der Waals surface area contributed by atoms with Crippen molar-refractivity contribution in [2.24, 2.45) is 0 Å². The van der Waals surface area contributed by atoms with Gasteiger partial charge in [0.1, 0.15) is 17.4 Å². The molecule has 0 spiro atoms. The fourth-order valence-corrected chi connectivity index (χ4v) is 3.05. The molecule has 26 heavy (non-hydrogen) atoms. The molecule has 0 fully saturated rings. The van der Waals surface area contributed by atoms with Gasteiger partial charge in [0.15, 0.2) is 5.82 Å². The fraction of sp³-hybridized carbons (Fsp3) is 0.267. The molecule has 0 aliphatic carbocycles. The molecule has 1 aromatic carbocycles. The Hall–Kier alpha value is -2.97. The van der Waals surface area contributed by atoms with Crippen LogP contribution in [0, 0.1) is 17.1 Å². The molecule has 138 valence electrons. The number of carbonyl (C=O) groups is 1. The molecule has 0 atom stereocenters. The van der Waals surface area contributed by atoms with E-state index in [-0.39, 0.29) is 35.9 Å². The molecule has 0 unspecified atom stereocenters. The lowest BCUT2D eigenvalue weighted by Crippen LogP contribution is -2.36. The molecule has 11 heteroatoms. The van der Waals surface area contributed by atoms with Gasteiger partial charge in [-0.3, -0.25) is 5.32 Å². The van der Waals surface area contributed by atoms with Gasteiger partial charge in [0, 0.05) is 25.4 Å². The number of hydrogen-bond acceptors (Lipinski definition) is 5. The topological polar surface area (TPSA) is 129 Å². The van der Waals surface area contributed by atoms with Crippen molar-refractivity contribution in [2.45, 2.75) is 6.92 Å². The second-order valence-corrected chi connectivity index (χ2v) is 7.02. The van der Waals surface area contributed by atoms with Crippen molar-refractivity contribution in [3.8, 4) is 11.8 Å². The Morgan fingerprint density at radius 3 is 2.85 bits per heavy atom. The predicted molar refractivity (Wildman–Crippen MR) is 92.7 cm³/mol. The predicted octanol–water partition coefficient (Wildman–Crippen LogP) is 0.944. The molecule has 0 saturated heterocycles. The highest BCUT2D eigenvalue weighted by Gasteiger charge is 2.13. The largest absolute Gasteiger partial charge is 0.337 e. The highest BCUT2D eigenvalue weighted by molar-refractivity contribution is 7.89. The van der Waals surface area contributed by atoms with Crippen LogP contribution in [-0.2, 0) is 10.0 Å². The third-order valence-electron chi connectivity index (χ3n) is 3.20. The van der Waals surface area contributed by atoms with Gasteiger partial charge >= 0.3 is 6.03 Å². The molecule has 0 aliphatic rings. The minimum absolute atomic E-state index is 0.0790. The Morgan fingerprint density at radius 1 is 1.38 bits per heavy atom. The summed E-state index contributed by atoms with van der Waals surface area (Å²) in [6, 6.07) is 6.71. The fourth-order valence-electron chi connectivity index (χ4n) is 2.09. The van der Waals surface area contributed by atoms with Crippen LogP contribution in [0.4, 0.5) is 15.0 Å². The number of aromatic nitrogens is 2. The maximum atomic E-state index is 13.6. The first-order valence-corrected chi connectivity index (χ1v) is 9.28. The summed E-state index contributed by atoms with van der Waals surface area (Å²) in [5.41, 5.74) is 0.0675. The van der Waals surface area contributed by atoms with Crippen LogP contribution < -0.4 is 15.4 Å². The summed E-state index contributed by atoms with van der Waals surface area (Å²) in [5.74, 6) is -0.766. The highest BCUT2D eigenvalue weighted by atomic mass is 32.2. The number of carbonyl (C=O) groups excluding carboxylic acids is 1. The van der Waals surface area contributed by atoms with Crippen molar-refractivity contribution in [1.29, 1.82) is 5.26 Å². The van der Waals surface area contributed by atoms with Crippen molar-refractivity contribution < 1.29 is 17.6 Å². The van der Waals surface area contributed by atoms with Gasteiger partial charge in [-0.1, -0.05) is 13.0 Å². The Morgan fingerprint density at radius 2 is 2.15 bits per heavy atom. The van der Waals surface area contributed by atoms with Crippen LogP contribution in [0.25, 0.3) is 5.69 Å². The van der Waals surface area contributed by atoms with Gasteiger partial charge in [0.05, 0.1) is 11.4 Å². The van der Waals surface area contributed by atoms with Gasteiger partial charge in [-0.15, -0.1) is 5.10 Å². The van der Waals surface area contributed by atoms with E-state index in [9.17, 15) is 17.6 Å². The molecule has 2 aromatic rings. The third kappa shape index (κ3) is 5.01. The number of nitrogens with zero attached hydrogens (tertiary/aromatic N) is 3. The van der Waals surface area contributed by atoms with E-state index in [1.807, 2.05) is 0 Å². The average molecular weight is 380 g/mol. The molecular formula is C15H17FN6O3S. The summed E-state index contributed by atoms with van der Waals surface area (Å²) >= 11 is 0. The first-order valence-electron chi connectivity index (χ1n) is 7.63. The van der Waals surface area contributed by atoms with E-state index < -0.39 is 21.9 Å². The number of amides is 2. The second kappa shape index (κ2) is 8.41. The Labute approximate surface area is 149 Å². The normalized spacial score (nSPS) is 11.0. The van der Waals surface area contributed by atoms with Crippen LogP contribution >= 0.6 is 0 Å². The van der Waals surface area contributed by atoms with Crippen LogP contribution in [0.15, 0.2) is 30.5 Å². The lowest BCUT2D eigenvalue weighted by atomic mass is 10.2. The van der Waals surface area contributed by atoms with E-state index >= 15 is 0 Å². The molecule has 2 rings (SSSR count). The van der Waals surface area contributed by atoms with Crippen molar-refractivity contribution in [1.82, 2.24) is 19.8 Å². The molecule has 0 aliphatic heterocycles. The summed E-state index contributed by atoms with van der Waals surface area (Å²) in [7, 11) is -3.42. The van der Waals surface area contributed by atoms with E-state index in [2.05, 4.69) is 20.5 Å². The minimum atomic E-state index is -3.42. The van der Waals surface area contributed by atoms with E-state index in [4.69, 9.17) is 5.26 Å². The van der Waals surface area contributed by atoms with Crippen molar-refractivity contribution in [2.75, 3.05) is 24.2 Å². The Kier molecular flexibility index (Phi) is 6.26. The van der Waals surface area contributed by atoms with Gasteiger partial charge < -0.3 is 5.32 Å². The van der Waals surface area contributed by atoms with Crippen molar-refractivity contribution >= 4 is 21.9 Å². The second-order valence-electron chi connectivity index (χ2n) is 5.09. The molecule has 0 saturated carbocycles. The van der Waals surface area contributed by atoms with E-state index in [0.717, 1.165) is 0 Å². The van der Waals surface area contributed by atoms with Crippen molar-refractivity contribution in [3.05, 3.63) is 41.8 Å². The van der Waals surface area contributed by atoms with E-state index in [1.165, 1.54) is 35.1 Å². The number of nitriles is 1. The highest BCUT2D eigenvalue weighted by Crippen LogP contribution is 2.17. The number of nitrogens with one attached hydrogen (secondary N) is 3. The molecule has 1 aromatic heterocycles. The molecule has 2 amide bonds. The van der Waals surface area contributed by atoms with Crippen LogP contribution in [0.1, 0.15) is 12.5 Å². The number of benzene rings is 1. The van der Waals surface area contributed by atoms with E-state index in [0.29, 0.717) is 0 Å². The average Bonchev–Trinajstić information content (AvgIpc) is 3.02. The smallest absolute Gasteiger partial charge is 0.320 e. The third-order valence-corrected chi connectivity index (χ3v) is 4.67. The molecular weight excluding hydrogens is 363 g/mol. The summed E-state index contributed by atoms with van der Waals surface area (Å²) in [6.45, 7) is 1.85. The molecule has 1 heterocycles. The summed E-state index contributed by atoms with van der Waals surface area (Å²) in [6.07, 6.45) is 1.46. The first kappa shape index (κ1) is 19.4. The molecule has 0 radical (unpaired) electrons. The zero-order valence-corrected chi connectivity index (χ0v) is 14.7. The number of hydrogen-bond donors (Lipinski definition) is 3. The zero-order valence-electron chi connectivity index (χ0n) is 13.9. The lowest BCUT2D eigenvalue weighted by molar-refractivity contribution is 0.252. The van der Waals surface area contributed by atoms with Gasteiger partial charge in [-0.2, -0.15) is 5.26 Å². The summed E-state index contributed by atoms with van der Waals surface area (Å²) < 4.78 is 40.1. The molecule has 0 bridgehead atoms. The minimum Gasteiger partial charge on any atom is -0.337 e. The van der Waals surface area contributed by atoms with Crippen molar-refractivity contribution in [3.63, 3.8) is 0 Å². The summed E-state index contributed by atoms with van der Waals surface area (Å²) in [5, 5.41) is 17.9. The molecule has 9 nitrogen and oxygen atoms in total. The standard InChI is InChI=1S/C15H17FN6O3S/c1-2-19-26(24,25)9-7-18-15(23)20-14-6-8-22(21-14)13-5-3-4-12(16)11(13)10-17/h3-6,8,19H,2,7,9H2,1H3,(H2,18,20,21,23). The Bertz CT molecular complexity index is 935. The van der Waals surface area contributed by atoms with Gasteiger partial charge in [0.25, 0.3) is 0 Å². The van der Waals surface area contributed by atoms with Crippen LogP contribution in [0.5, 0.6) is 0 Å². The molecule has 3 N–H and O–H groups in total. The zero-order chi connectivity index (χ0) is 19.2. The van der Waals surface area contributed by atoms with Gasteiger partial charge in [-0.05, 0) is 12.1 Å². The maximum absolute atomic E-state index is 13.6. The Balaban J connectivity index is 1.98. The quantitative estimate of drug-likeness (QED) is 0.658. The van der Waals surface area contributed by atoms with E-state index in [1.54, 1.807) is 13.0 Å². The number of rotatable bonds is 7. The maximum Gasteiger partial charge on any atom is 0.320 e.